The minimum Gasteiger partial charge on any atom is -0.382 e. The zero-order valence-electron chi connectivity index (χ0n) is 12.4. The standard InChI is InChI=1S/C18H18FNO/c1-10-11(2)17(20-12(10)3)18(21)15-8-9-16(19)14-7-5-4-6-13(14)15/h4-9,18,20-21H,1-3H3. The lowest BCUT2D eigenvalue weighted by molar-refractivity contribution is 0.216. The zero-order valence-corrected chi connectivity index (χ0v) is 12.4. The van der Waals surface area contributed by atoms with E-state index in [0.717, 1.165) is 33.5 Å². The van der Waals surface area contributed by atoms with E-state index in [1.165, 1.54) is 6.07 Å². The number of H-pyrrole nitrogens is 1. The van der Waals surface area contributed by atoms with Crippen molar-refractivity contribution in [3.05, 3.63) is 70.3 Å². The largest absolute Gasteiger partial charge is 0.382 e. The molecule has 1 unspecified atom stereocenters. The van der Waals surface area contributed by atoms with Crippen LogP contribution in [0.1, 0.15) is 34.2 Å². The van der Waals surface area contributed by atoms with Crippen molar-refractivity contribution in [3.8, 4) is 0 Å². The van der Waals surface area contributed by atoms with Gasteiger partial charge in [0, 0.05) is 11.1 Å². The lowest BCUT2D eigenvalue weighted by atomic mass is 9.96. The topological polar surface area (TPSA) is 36.0 Å². The number of nitrogens with one attached hydrogen (secondary N) is 1. The number of fused-ring (bicyclic) bond motifs is 1. The fourth-order valence-corrected chi connectivity index (χ4v) is 2.83. The van der Waals surface area contributed by atoms with Crippen LogP contribution >= 0.6 is 0 Å². The van der Waals surface area contributed by atoms with Crippen LogP contribution in [0, 0.1) is 26.6 Å². The first-order chi connectivity index (χ1) is 10.0. The summed E-state index contributed by atoms with van der Waals surface area (Å²) in [4.78, 5) is 3.25. The molecule has 0 saturated heterocycles. The van der Waals surface area contributed by atoms with Gasteiger partial charge in [-0.05, 0) is 48.9 Å². The molecule has 3 heteroatoms. The van der Waals surface area contributed by atoms with Crippen LogP contribution in [0.5, 0.6) is 0 Å². The second kappa shape index (κ2) is 5.01. The molecule has 0 radical (unpaired) electrons. The van der Waals surface area contributed by atoms with E-state index in [1.807, 2.05) is 32.9 Å². The van der Waals surface area contributed by atoms with Crippen LogP contribution in [0.2, 0.25) is 0 Å². The van der Waals surface area contributed by atoms with Gasteiger partial charge in [-0.2, -0.15) is 0 Å². The van der Waals surface area contributed by atoms with Crippen molar-refractivity contribution in [2.45, 2.75) is 26.9 Å². The number of hydrogen-bond donors (Lipinski definition) is 2. The van der Waals surface area contributed by atoms with Gasteiger partial charge >= 0.3 is 0 Å². The average molecular weight is 283 g/mol. The predicted octanol–water partition coefficient (Wildman–Crippen LogP) is 4.31. The van der Waals surface area contributed by atoms with Crippen LogP contribution in [0.15, 0.2) is 36.4 Å². The molecule has 0 bridgehead atoms. The Morgan fingerprint density at radius 1 is 0.952 bits per heavy atom. The van der Waals surface area contributed by atoms with Crippen molar-refractivity contribution < 1.29 is 9.50 Å². The van der Waals surface area contributed by atoms with Crippen LogP contribution in [-0.2, 0) is 0 Å². The van der Waals surface area contributed by atoms with Gasteiger partial charge in [-0.15, -0.1) is 0 Å². The number of aliphatic hydroxyl groups excluding tert-OH is 1. The Morgan fingerprint density at radius 3 is 2.24 bits per heavy atom. The molecule has 0 amide bonds. The Labute approximate surface area is 123 Å². The highest BCUT2D eigenvalue weighted by Gasteiger charge is 2.20. The van der Waals surface area contributed by atoms with Crippen molar-refractivity contribution >= 4 is 10.8 Å². The van der Waals surface area contributed by atoms with Gasteiger partial charge < -0.3 is 10.1 Å². The first-order valence-corrected chi connectivity index (χ1v) is 7.01. The predicted molar refractivity (Wildman–Crippen MR) is 83.0 cm³/mol. The number of aromatic amines is 1. The molecule has 1 atom stereocenters. The van der Waals surface area contributed by atoms with E-state index in [1.54, 1.807) is 18.2 Å². The van der Waals surface area contributed by atoms with Gasteiger partial charge in [0.25, 0.3) is 0 Å². The minimum atomic E-state index is -0.789. The summed E-state index contributed by atoms with van der Waals surface area (Å²) in [6.45, 7) is 6.00. The molecule has 0 saturated carbocycles. The molecule has 108 valence electrons. The number of rotatable bonds is 2. The van der Waals surface area contributed by atoms with Crippen LogP contribution in [0.25, 0.3) is 10.8 Å². The second-order valence-electron chi connectivity index (χ2n) is 5.50. The summed E-state index contributed by atoms with van der Waals surface area (Å²) in [6.07, 6.45) is -0.789. The number of halogens is 1. The van der Waals surface area contributed by atoms with Crippen molar-refractivity contribution in [3.63, 3.8) is 0 Å². The molecule has 0 spiro atoms. The summed E-state index contributed by atoms with van der Waals surface area (Å²) in [5.74, 6) is -0.267. The number of hydrogen-bond acceptors (Lipinski definition) is 1. The number of aliphatic hydroxyl groups is 1. The highest BCUT2D eigenvalue weighted by molar-refractivity contribution is 5.87. The number of aryl methyl sites for hydroxylation is 1. The molecule has 2 aromatic carbocycles. The Bertz CT molecular complexity index is 819. The monoisotopic (exact) mass is 283 g/mol. The van der Waals surface area contributed by atoms with E-state index in [9.17, 15) is 9.50 Å². The summed E-state index contributed by atoms with van der Waals surface area (Å²) in [7, 11) is 0. The summed E-state index contributed by atoms with van der Waals surface area (Å²) in [5, 5.41) is 12.0. The van der Waals surface area contributed by atoms with Crippen LogP contribution in [0.3, 0.4) is 0 Å². The van der Waals surface area contributed by atoms with Crippen LogP contribution < -0.4 is 0 Å². The molecule has 1 heterocycles. The molecular formula is C18H18FNO. The highest BCUT2D eigenvalue weighted by Crippen LogP contribution is 2.32. The van der Waals surface area contributed by atoms with Gasteiger partial charge in [-0.25, -0.2) is 4.39 Å². The lowest BCUT2D eigenvalue weighted by Crippen LogP contribution is -2.03. The molecule has 2 nitrogen and oxygen atoms in total. The van der Waals surface area contributed by atoms with Gasteiger partial charge in [-0.1, -0.05) is 30.3 Å². The second-order valence-corrected chi connectivity index (χ2v) is 5.50. The van der Waals surface area contributed by atoms with Crippen LogP contribution in [0.4, 0.5) is 4.39 Å². The van der Waals surface area contributed by atoms with Crippen molar-refractivity contribution in [1.29, 1.82) is 0 Å². The number of aromatic nitrogens is 1. The Hall–Kier alpha value is -2.13. The quantitative estimate of drug-likeness (QED) is 0.722. The first kappa shape index (κ1) is 13.8. The molecule has 0 aliphatic rings. The van der Waals surface area contributed by atoms with Gasteiger partial charge in [0.1, 0.15) is 11.9 Å². The molecule has 0 fully saturated rings. The molecule has 1 aromatic heterocycles. The van der Waals surface area contributed by atoms with E-state index >= 15 is 0 Å². The first-order valence-electron chi connectivity index (χ1n) is 7.01. The van der Waals surface area contributed by atoms with E-state index in [4.69, 9.17) is 0 Å². The average Bonchev–Trinajstić information content (AvgIpc) is 2.75. The Balaban J connectivity index is 2.20. The molecule has 2 N–H and O–H groups in total. The third kappa shape index (κ3) is 2.14. The molecule has 21 heavy (non-hydrogen) atoms. The summed E-state index contributed by atoms with van der Waals surface area (Å²) in [6, 6.07) is 10.3. The van der Waals surface area contributed by atoms with Gasteiger partial charge in [0.15, 0.2) is 0 Å². The van der Waals surface area contributed by atoms with Crippen molar-refractivity contribution in [1.82, 2.24) is 4.98 Å². The minimum absolute atomic E-state index is 0.267. The Kier molecular flexibility index (Phi) is 3.30. The van der Waals surface area contributed by atoms with Crippen LogP contribution in [-0.4, -0.2) is 10.1 Å². The van der Waals surface area contributed by atoms with Gasteiger partial charge in [-0.3, -0.25) is 0 Å². The molecular weight excluding hydrogens is 265 g/mol. The normalized spacial score (nSPS) is 12.8. The summed E-state index contributed by atoms with van der Waals surface area (Å²) < 4.78 is 13.9. The van der Waals surface area contributed by atoms with E-state index in [0.29, 0.717) is 5.39 Å². The van der Waals surface area contributed by atoms with E-state index < -0.39 is 6.10 Å². The maximum atomic E-state index is 13.9. The Morgan fingerprint density at radius 2 is 1.62 bits per heavy atom. The SMILES string of the molecule is Cc1[nH]c(C(O)c2ccc(F)c3ccccc23)c(C)c1C. The third-order valence-electron chi connectivity index (χ3n) is 4.32. The highest BCUT2D eigenvalue weighted by atomic mass is 19.1. The molecule has 3 aromatic rings. The summed E-state index contributed by atoms with van der Waals surface area (Å²) >= 11 is 0. The van der Waals surface area contributed by atoms with E-state index in [-0.39, 0.29) is 5.82 Å². The van der Waals surface area contributed by atoms with Crippen molar-refractivity contribution in [2.75, 3.05) is 0 Å². The summed E-state index contributed by atoms with van der Waals surface area (Å²) in [5.41, 5.74) is 4.75. The van der Waals surface area contributed by atoms with Crippen molar-refractivity contribution in [2.24, 2.45) is 0 Å². The third-order valence-corrected chi connectivity index (χ3v) is 4.32. The fourth-order valence-electron chi connectivity index (χ4n) is 2.83. The fraction of sp³-hybridized carbons (Fsp3) is 0.222. The maximum Gasteiger partial charge on any atom is 0.131 e. The van der Waals surface area contributed by atoms with E-state index in [2.05, 4.69) is 4.98 Å². The maximum absolute atomic E-state index is 13.9. The number of benzene rings is 2. The lowest BCUT2D eigenvalue weighted by Gasteiger charge is -2.14. The molecule has 3 rings (SSSR count). The molecule has 0 aliphatic carbocycles. The van der Waals surface area contributed by atoms with Gasteiger partial charge in [0.05, 0.1) is 5.69 Å². The zero-order chi connectivity index (χ0) is 15.1. The smallest absolute Gasteiger partial charge is 0.131 e. The van der Waals surface area contributed by atoms with Gasteiger partial charge in [0.2, 0.25) is 0 Å². The molecule has 0 aliphatic heterocycles.